The van der Waals surface area contributed by atoms with Crippen molar-refractivity contribution >= 4 is 0 Å². The van der Waals surface area contributed by atoms with Crippen LogP contribution in [0.25, 0.3) is 0 Å². The van der Waals surface area contributed by atoms with Crippen LogP contribution in [0.3, 0.4) is 0 Å². The zero-order chi connectivity index (χ0) is 25.4. The number of rotatable bonds is 6. The van der Waals surface area contributed by atoms with Crippen molar-refractivity contribution in [3.8, 4) is 11.5 Å². The van der Waals surface area contributed by atoms with Crippen molar-refractivity contribution in [1.29, 1.82) is 0 Å². The van der Waals surface area contributed by atoms with E-state index in [9.17, 15) is 10.2 Å². The minimum atomic E-state index is -0.377. The Hall–Kier alpha value is -2.12. The van der Waals surface area contributed by atoms with E-state index in [0.717, 1.165) is 37.4 Å². The number of benzene rings is 2. The van der Waals surface area contributed by atoms with Gasteiger partial charge in [-0.15, -0.1) is 0 Å². The topological polar surface area (TPSA) is 65.4 Å². The highest BCUT2D eigenvalue weighted by atomic mass is 16.5. The molecule has 2 aromatic carbocycles. The second kappa shape index (κ2) is 10.3. The summed E-state index contributed by atoms with van der Waals surface area (Å²) >= 11 is 0. The maximum absolute atomic E-state index is 9.92. The molecule has 3 aliphatic rings. The molecule has 1 aliphatic carbocycles. The third-order valence-electron chi connectivity index (χ3n) is 8.13. The number of ether oxygens (including phenoxy) is 2. The molecule has 2 heterocycles. The van der Waals surface area contributed by atoms with Crippen LogP contribution < -0.4 is 9.47 Å². The summed E-state index contributed by atoms with van der Waals surface area (Å²) in [5, 5.41) is 19.8. The first-order valence-corrected chi connectivity index (χ1v) is 13.6. The minimum Gasteiger partial charge on any atom is -0.478 e. The molecule has 0 saturated heterocycles. The first-order valence-electron chi connectivity index (χ1n) is 13.6. The van der Waals surface area contributed by atoms with Crippen LogP contribution in [0.4, 0.5) is 0 Å². The normalized spacial score (nSPS) is 21.6. The summed E-state index contributed by atoms with van der Waals surface area (Å²) < 4.78 is 12.3. The molecule has 5 rings (SSSR count). The molecule has 2 aliphatic heterocycles. The van der Waals surface area contributed by atoms with Gasteiger partial charge in [0.15, 0.2) is 0 Å². The predicted octanol–water partition coefficient (Wildman–Crippen LogP) is 4.62. The van der Waals surface area contributed by atoms with E-state index < -0.39 is 0 Å². The van der Waals surface area contributed by atoms with E-state index >= 15 is 0 Å². The standard InChI is InChI=1S/C30H42N2O4/c1-20-10-26(12-24-16-31(14-22(3)33)18-35-28(20)24)30(8-6-5-7-9-30)27-11-21(2)29-25(13-27)17-32(19-36-29)15-23(4)34/h10-13,22-23,33-34H,5-9,14-19H2,1-4H3. The van der Waals surface area contributed by atoms with Gasteiger partial charge in [0, 0.05) is 42.7 Å². The molecule has 1 saturated carbocycles. The first kappa shape index (κ1) is 25.5. The van der Waals surface area contributed by atoms with Crippen molar-refractivity contribution in [2.45, 2.75) is 90.5 Å². The van der Waals surface area contributed by atoms with Crippen LogP contribution in [-0.4, -0.2) is 58.8 Å². The summed E-state index contributed by atoms with van der Waals surface area (Å²) in [6, 6.07) is 9.48. The Morgan fingerprint density at radius 1 is 0.750 bits per heavy atom. The monoisotopic (exact) mass is 494 g/mol. The number of aliphatic hydroxyl groups is 2. The largest absolute Gasteiger partial charge is 0.478 e. The van der Waals surface area contributed by atoms with E-state index in [2.05, 4.69) is 47.9 Å². The number of aryl methyl sites for hydroxylation is 2. The van der Waals surface area contributed by atoms with Gasteiger partial charge in [0.05, 0.1) is 12.2 Å². The molecule has 2 N–H and O–H groups in total. The first-order chi connectivity index (χ1) is 17.2. The number of hydrogen-bond acceptors (Lipinski definition) is 6. The summed E-state index contributed by atoms with van der Waals surface area (Å²) in [6.07, 6.45) is 5.26. The van der Waals surface area contributed by atoms with Crippen molar-refractivity contribution in [2.75, 3.05) is 26.6 Å². The third-order valence-corrected chi connectivity index (χ3v) is 8.13. The number of fused-ring (bicyclic) bond motifs is 2. The fraction of sp³-hybridized carbons (Fsp3) is 0.600. The Morgan fingerprint density at radius 2 is 1.19 bits per heavy atom. The Morgan fingerprint density at radius 3 is 1.61 bits per heavy atom. The Balaban J connectivity index is 1.55. The maximum atomic E-state index is 9.92. The van der Waals surface area contributed by atoms with E-state index in [1.165, 1.54) is 52.6 Å². The van der Waals surface area contributed by atoms with Crippen molar-refractivity contribution in [2.24, 2.45) is 0 Å². The van der Waals surface area contributed by atoms with Crippen LogP contribution in [0.15, 0.2) is 24.3 Å². The summed E-state index contributed by atoms with van der Waals surface area (Å²) in [5.74, 6) is 2.02. The Bertz CT molecular complexity index is 1010. The number of β-amino-alcohol motifs (C(OH)–C–C–N with tert-alkyl or cyclic N) is 2. The SMILES string of the molecule is Cc1cc(C2(c3cc(C)c4c(c3)CN(CC(C)O)CO4)CCCCC2)cc2c1OCN(CC(C)O)C2. The van der Waals surface area contributed by atoms with Crippen molar-refractivity contribution in [1.82, 2.24) is 9.80 Å². The molecule has 0 radical (unpaired) electrons. The van der Waals surface area contributed by atoms with E-state index in [1.807, 2.05) is 13.8 Å². The van der Waals surface area contributed by atoms with Gasteiger partial charge < -0.3 is 19.7 Å². The molecule has 0 aromatic heterocycles. The highest BCUT2D eigenvalue weighted by Crippen LogP contribution is 2.48. The molecule has 6 heteroatoms. The molecule has 2 unspecified atom stereocenters. The lowest BCUT2D eigenvalue weighted by Crippen LogP contribution is -2.38. The summed E-state index contributed by atoms with van der Waals surface area (Å²) in [5.41, 5.74) is 7.59. The van der Waals surface area contributed by atoms with E-state index in [4.69, 9.17) is 9.47 Å². The summed E-state index contributed by atoms with van der Waals surface area (Å²) in [6.45, 7) is 11.9. The molecule has 2 atom stereocenters. The van der Waals surface area contributed by atoms with E-state index in [-0.39, 0.29) is 17.6 Å². The smallest absolute Gasteiger partial charge is 0.142 e. The second-order valence-corrected chi connectivity index (χ2v) is 11.5. The quantitative estimate of drug-likeness (QED) is 0.611. The second-order valence-electron chi connectivity index (χ2n) is 11.5. The molecule has 36 heavy (non-hydrogen) atoms. The van der Waals surface area contributed by atoms with Gasteiger partial charge in [0.25, 0.3) is 0 Å². The van der Waals surface area contributed by atoms with Crippen LogP contribution in [-0.2, 0) is 18.5 Å². The Kier molecular flexibility index (Phi) is 7.32. The molecule has 1 fully saturated rings. The van der Waals surface area contributed by atoms with Gasteiger partial charge in [-0.1, -0.05) is 31.4 Å². The van der Waals surface area contributed by atoms with Gasteiger partial charge in [-0.2, -0.15) is 0 Å². The van der Waals surface area contributed by atoms with Crippen LogP contribution >= 0.6 is 0 Å². The van der Waals surface area contributed by atoms with Crippen LogP contribution in [0.2, 0.25) is 0 Å². The molecule has 196 valence electrons. The van der Waals surface area contributed by atoms with Crippen molar-refractivity contribution in [3.63, 3.8) is 0 Å². The molecular weight excluding hydrogens is 452 g/mol. The molecule has 0 amide bonds. The van der Waals surface area contributed by atoms with Gasteiger partial charge in [-0.05, 0) is 74.9 Å². The lowest BCUT2D eigenvalue weighted by Gasteiger charge is -2.41. The highest BCUT2D eigenvalue weighted by molar-refractivity contribution is 5.54. The maximum Gasteiger partial charge on any atom is 0.142 e. The summed E-state index contributed by atoms with van der Waals surface area (Å²) in [7, 11) is 0. The van der Waals surface area contributed by atoms with Crippen LogP contribution in [0, 0.1) is 13.8 Å². The van der Waals surface area contributed by atoms with Crippen molar-refractivity contribution < 1.29 is 19.7 Å². The van der Waals surface area contributed by atoms with Gasteiger partial charge in [-0.25, -0.2) is 0 Å². The molecular formula is C30H42N2O4. The summed E-state index contributed by atoms with van der Waals surface area (Å²) in [4.78, 5) is 4.36. The zero-order valence-corrected chi connectivity index (χ0v) is 22.3. The minimum absolute atomic E-state index is 0.0308. The number of hydrogen-bond donors (Lipinski definition) is 2. The van der Waals surface area contributed by atoms with Crippen LogP contribution in [0.5, 0.6) is 11.5 Å². The highest BCUT2D eigenvalue weighted by Gasteiger charge is 2.38. The van der Waals surface area contributed by atoms with Crippen LogP contribution in [0.1, 0.15) is 79.3 Å². The third kappa shape index (κ3) is 5.01. The fourth-order valence-corrected chi connectivity index (χ4v) is 6.66. The predicted molar refractivity (Wildman–Crippen MR) is 141 cm³/mol. The van der Waals surface area contributed by atoms with E-state index in [1.54, 1.807) is 0 Å². The zero-order valence-electron chi connectivity index (χ0n) is 22.3. The van der Waals surface area contributed by atoms with Gasteiger partial charge in [0.2, 0.25) is 0 Å². The van der Waals surface area contributed by atoms with E-state index in [0.29, 0.717) is 26.6 Å². The Labute approximate surface area is 215 Å². The molecule has 0 spiro atoms. The average Bonchev–Trinajstić information content (AvgIpc) is 2.83. The van der Waals surface area contributed by atoms with Gasteiger partial charge in [0.1, 0.15) is 25.0 Å². The van der Waals surface area contributed by atoms with Gasteiger partial charge in [-0.3, -0.25) is 9.80 Å². The number of aliphatic hydroxyl groups excluding tert-OH is 2. The molecule has 6 nitrogen and oxygen atoms in total. The van der Waals surface area contributed by atoms with Gasteiger partial charge >= 0.3 is 0 Å². The molecule has 0 bridgehead atoms. The fourth-order valence-electron chi connectivity index (χ4n) is 6.66. The average molecular weight is 495 g/mol. The number of nitrogens with zero attached hydrogens (tertiary/aromatic N) is 2. The lowest BCUT2D eigenvalue weighted by atomic mass is 9.64. The lowest BCUT2D eigenvalue weighted by molar-refractivity contribution is 0.0495. The molecule has 2 aromatic rings. The van der Waals surface area contributed by atoms with Crippen molar-refractivity contribution in [3.05, 3.63) is 57.6 Å².